The normalized spacial score (nSPS) is 25.3. The fourth-order valence-electron chi connectivity index (χ4n) is 2.12. The average molecular weight is 223 g/mol. The Morgan fingerprint density at radius 1 is 1.31 bits per heavy atom. The number of rotatable bonds is 2. The van der Waals surface area contributed by atoms with Crippen molar-refractivity contribution in [3.05, 3.63) is 35.6 Å². The Hall–Kier alpha value is -1.42. The zero-order chi connectivity index (χ0) is 11.5. The Morgan fingerprint density at radius 3 is 2.62 bits per heavy atom. The van der Waals surface area contributed by atoms with Crippen LogP contribution in [0.25, 0.3) is 0 Å². The van der Waals surface area contributed by atoms with Crippen molar-refractivity contribution >= 4 is 5.97 Å². The van der Waals surface area contributed by atoms with Gasteiger partial charge in [0, 0.05) is 13.1 Å². The molecule has 0 amide bonds. The molecule has 2 rings (SSSR count). The van der Waals surface area contributed by atoms with Gasteiger partial charge in [-0.05, 0) is 30.0 Å². The van der Waals surface area contributed by atoms with Gasteiger partial charge in [-0.25, -0.2) is 4.39 Å². The highest BCUT2D eigenvalue weighted by atomic mass is 19.1. The van der Waals surface area contributed by atoms with E-state index in [1.807, 2.05) is 0 Å². The number of hydrogen-bond donors (Lipinski definition) is 2. The van der Waals surface area contributed by atoms with Crippen molar-refractivity contribution in [2.75, 3.05) is 13.1 Å². The van der Waals surface area contributed by atoms with E-state index in [4.69, 9.17) is 5.11 Å². The summed E-state index contributed by atoms with van der Waals surface area (Å²) >= 11 is 0. The third-order valence-electron chi connectivity index (χ3n) is 3.04. The van der Waals surface area contributed by atoms with Crippen molar-refractivity contribution < 1.29 is 14.3 Å². The predicted molar refractivity (Wildman–Crippen MR) is 57.8 cm³/mol. The minimum absolute atomic E-state index is 0.162. The summed E-state index contributed by atoms with van der Waals surface area (Å²) in [7, 11) is 0. The number of carboxylic acids is 1. The number of piperidine rings is 1. The molecule has 1 saturated heterocycles. The van der Waals surface area contributed by atoms with Gasteiger partial charge < -0.3 is 10.4 Å². The van der Waals surface area contributed by atoms with E-state index >= 15 is 0 Å². The summed E-state index contributed by atoms with van der Waals surface area (Å²) in [5, 5.41) is 12.1. The lowest BCUT2D eigenvalue weighted by Crippen LogP contribution is -2.38. The minimum atomic E-state index is -0.765. The summed E-state index contributed by atoms with van der Waals surface area (Å²) in [6.45, 7) is 1.28. The first-order valence-corrected chi connectivity index (χ1v) is 5.36. The molecule has 2 N–H and O–H groups in total. The zero-order valence-corrected chi connectivity index (χ0v) is 8.82. The quantitative estimate of drug-likeness (QED) is 0.800. The molecule has 16 heavy (non-hydrogen) atoms. The highest BCUT2D eigenvalue weighted by molar-refractivity contribution is 5.70. The van der Waals surface area contributed by atoms with Crippen LogP contribution in [0, 0.1) is 11.7 Å². The highest BCUT2D eigenvalue weighted by Gasteiger charge is 2.27. The molecule has 86 valence electrons. The van der Waals surface area contributed by atoms with E-state index in [-0.39, 0.29) is 17.7 Å². The molecule has 1 aliphatic heterocycles. The van der Waals surface area contributed by atoms with Crippen molar-refractivity contribution in [2.45, 2.75) is 12.3 Å². The van der Waals surface area contributed by atoms with Crippen LogP contribution < -0.4 is 5.32 Å². The van der Waals surface area contributed by atoms with Crippen LogP contribution in [0.2, 0.25) is 0 Å². The molecular formula is C12H14FNO2. The lowest BCUT2D eigenvalue weighted by Gasteiger charge is -2.27. The van der Waals surface area contributed by atoms with Crippen molar-refractivity contribution in [1.29, 1.82) is 0 Å². The maximum atomic E-state index is 12.7. The summed E-state index contributed by atoms with van der Waals surface area (Å²) < 4.78 is 12.7. The fraction of sp³-hybridized carbons (Fsp3) is 0.417. The first kappa shape index (κ1) is 11.1. The van der Waals surface area contributed by atoms with E-state index in [2.05, 4.69) is 5.32 Å². The molecule has 3 nitrogen and oxygen atoms in total. The zero-order valence-electron chi connectivity index (χ0n) is 8.82. The second-order valence-electron chi connectivity index (χ2n) is 4.18. The Kier molecular flexibility index (Phi) is 3.19. The molecule has 1 aromatic carbocycles. The standard InChI is InChI=1S/C12H14FNO2/c13-11-3-1-8(2-4-11)9-5-10(12(15)16)7-14-6-9/h1-4,9-10,14H,5-7H2,(H,15,16)/t9-,10-/m0/s1. The second-order valence-corrected chi connectivity index (χ2v) is 4.18. The van der Waals surface area contributed by atoms with Crippen LogP contribution in [0.4, 0.5) is 4.39 Å². The number of benzene rings is 1. The van der Waals surface area contributed by atoms with Crippen LogP contribution in [0.3, 0.4) is 0 Å². The summed E-state index contributed by atoms with van der Waals surface area (Å²) in [4.78, 5) is 10.9. The van der Waals surface area contributed by atoms with E-state index < -0.39 is 5.97 Å². The molecule has 1 heterocycles. The Bertz CT molecular complexity index is 377. The molecule has 0 saturated carbocycles. The molecule has 0 aromatic heterocycles. The molecule has 0 bridgehead atoms. The van der Waals surface area contributed by atoms with Gasteiger partial charge in [0.05, 0.1) is 5.92 Å². The monoisotopic (exact) mass is 223 g/mol. The van der Waals surface area contributed by atoms with E-state index in [1.54, 1.807) is 12.1 Å². The average Bonchev–Trinajstić information content (AvgIpc) is 2.30. The number of carbonyl (C=O) groups is 1. The van der Waals surface area contributed by atoms with Crippen LogP contribution in [0.15, 0.2) is 24.3 Å². The van der Waals surface area contributed by atoms with Gasteiger partial charge in [0.25, 0.3) is 0 Å². The number of aliphatic carboxylic acids is 1. The smallest absolute Gasteiger partial charge is 0.307 e. The number of hydrogen-bond acceptors (Lipinski definition) is 2. The number of nitrogens with one attached hydrogen (secondary N) is 1. The van der Waals surface area contributed by atoms with Crippen molar-refractivity contribution in [1.82, 2.24) is 5.32 Å². The van der Waals surface area contributed by atoms with Gasteiger partial charge >= 0.3 is 5.97 Å². The van der Waals surface area contributed by atoms with E-state index in [0.29, 0.717) is 13.0 Å². The first-order valence-electron chi connectivity index (χ1n) is 5.36. The Balaban J connectivity index is 2.09. The van der Waals surface area contributed by atoms with E-state index in [9.17, 15) is 9.18 Å². The summed E-state index contributed by atoms with van der Waals surface area (Å²) in [5.74, 6) is -1.21. The molecular weight excluding hydrogens is 209 g/mol. The second kappa shape index (κ2) is 4.61. The maximum Gasteiger partial charge on any atom is 0.307 e. The van der Waals surface area contributed by atoms with Gasteiger partial charge in [-0.2, -0.15) is 0 Å². The molecule has 4 heteroatoms. The molecule has 0 spiro atoms. The topological polar surface area (TPSA) is 49.3 Å². The van der Waals surface area contributed by atoms with Crippen LogP contribution in [-0.4, -0.2) is 24.2 Å². The lowest BCUT2D eigenvalue weighted by atomic mass is 9.86. The summed E-state index contributed by atoms with van der Waals surface area (Å²) in [5.41, 5.74) is 1.000. The third kappa shape index (κ3) is 2.39. The molecule has 1 aromatic rings. The molecule has 1 aliphatic rings. The Labute approximate surface area is 93.3 Å². The number of halogens is 1. The molecule has 0 unspecified atom stereocenters. The van der Waals surface area contributed by atoms with Gasteiger partial charge in [0.2, 0.25) is 0 Å². The van der Waals surface area contributed by atoms with Crippen LogP contribution in [0.1, 0.15) is 17.9 Å². The molecule has 0 aliphatic carbocycles. The van der Waals surface area contributed by atoms with Gasteiger partial charge in [0.15, 0.2) is 0 Å². The fourth-order valence-corrected chi connectivity index (χ4v) is 2.12. The van der Waals surface area contributed by atoms with E-state index in [1.165, 1.54) is 12.1 Å². The van der Waals surface area contributed by atoms with Crippen molar-refractivity contribution in [3.63, 3.8) is 0 Å². The van der Waals surface area contributed by atoms with Crippen LogP contribution >= 0.6 is 0 Å². The van der Waals surface area contributed by atoms with E-state index in [0.717, 1.165) is 12.1 Å². The van der Waals surface area contributed by atoms with Crippen molar-refractivity contribution in [2.24, 2.45) is 5.92 Å². The summed E-state index contributed by atoms with van der Waals surface area (Å²) in [6.07, 6.45) is 0.619. The van der Waals surface area contributed by atoms with Gasteiger partial charge in [-0.1, -0.05) is 12.1 Å². The molecule has 0 radical (unpaired) electrons. The molecule has 1 fully saturated rings. The van der Waals surface area contributed by atoms with Gasteiger partial charge in [0.1, 0.15) is 5.82 Å². The SMILES string of the molecule is O=C(O)[C@@H]1CNC[C@@H](c2ccc(F)cc2)C1. The Morgan fingerprint density at radius 2 is 2.00 bits per heavy atom. The van der Waals surface area contributed by atoms with Crippen LogP contribution in [0.5, 0.6) is 0 Å². The number of carboxylic acid groups (broad SMARTS) is 1. The van der Waals surface area contributed by atoms with Gasteiger partial charge in [-0.15, -0.1) is 0 Å². The van der Waals surface area contributed by atoms with Crippen molar-refractivity contribution in [3.8, 4) is 0 Å². The van der Waals surface area contributed by atoms with Crippen LogP contribution in [-0.2, 0) is 4.79 Å². The third-order valence-corrected chi connectivity index (χ3v) is 3.04. The highest BCUT2D eigenvalue weighted by Crippen LogP contribution is 2.26. The lowest BCUT2D eigenvalue weighted by molar-refractivity contribution is -0.142. The first-order chi connectivity index (χ1) is 7.66. The minimum Gasteiger partial charge on any atom is -0.481 e. The van der Waals surface area contributed by atoms with Gasteiger partial charge in [-0.3, -0.25) is 4.79 Å². The summed E-state index contributed by atoms with van der Waals surface area (Å²) in [6, 6.07) is 6.29. The predicted octanol–water partition coefficient (Wildman–Crippen LogP) is 1.60. The maximum absolute atomic E-state index is 12.7. The molecule has 2 atom stereocenters. The largest absolute Gasteiger partial charge is 0.481 e.